The van der Waals surface area contributed by atoms with Crippen molar-refractivity contribution in [3.05, 3.63) is 34.3 Å². The molecule has 0 bridgehead atoms. The number of piperidine rings is 2. The molecule has 23 heavy (non-hydrogen) atoms. The van der Waals surface area contributed by atoms with Crippen LogP contribution in [0.2, 0.25) is 0 Å². The van der Waals surface area contributed by atoms with Crippen LogP contribution in [0.5, 0.6) is 0 Å². The van der Waals surface area contributed by atoms with Crippen LogP contribution in [-0.2, 0) is 4.74 Å². The van der Waals surface area contributed by atoms with Crippen molar-refractivity contribution in [1.29, 1.82) is 0 Å². The van der Waals surface area contributed by atoms with Crippen molar-refractivity contribution < 1.29 is 9.53 Å². The summed E-state index contributed by atoms with van der Waals surface area (Å²) in [5.74, 6) is 0.129. The van der Waals surface area contributed by atoms with Gasteiger partial charge in [0.1, 0.15) is 0 Å². The number of hydrogen-bond donors (Lipinski definition) is 0. The number of carbonyl (C=O) groups is 1. The molecule has 4 nitrogen and oxygen atoms in total. The number of ether oxygens (including phenoxy) is 1. The van der Waals surface area contributed by atoms with Gasteiger partial charge < -0.3 is 14.5 Å². The third-order valence-electron chi connectivity index (χ3n) is 4.85. The second-order valence-corrected chi connectivity index (χ2v) is 7.56. The van der Waals surface area contributed by atoms with Gasteiger partial charge in [-0.15, -0.1) is 0 Å². The minimum Gasteiger partial charge on any atom is -0.375 e. The lowest BCUT2D eigenvalue weighted by Gasteiger charge is -2.36. The molecule has 0 unspecified atom stereocenters. The van der Waals surface area contributed by atoms with Gasteiger partial charge in [-0.25, -0.2) is 0 Å². The molecule has 0 radical (unpaired) electrons. The van der Waals surface area contributed by atoms with E-state index in [1.807, 2.05) is 29.2 Å². The van der Waals surface area contributed by atoms with Gasteiger partial charge in [0.25, 0.3) is 5.91 Å². The van der Waals surface area contributed by atoms with Crippen molar-refractivity contribution in [2.45, 2.75) is 37.9 Å². The number of amides is 1. The predicted molar refractivity (Wildman–Crippen MR) is 94.7 cm³/mol. The topological polar surface area (TPSA) is 32.8 Å². The van der Waals surface area contributed by atoms with E-state index >= 15 is 0 Å². The summed E-state index contributed by atoms with van der Waals surface area (Å²) in [7, 11) is 2.17. The smallest absolute Gasteiger partial charge is 0.253 e. The number of nitrogens with zero attached hydrogens (tertiary/aromatic N) is 2. The minimum absolute atomic E-state index is 0.129. The Hall–Kier alpha value is -0.910. The number of likely N-dealkylation sites (tertiary alicyclic amines) is 2. The Bertz CT molecular complexity index is 536. The molecule has 126 valence electrons. The molecular weight excluding hydrogens is 356 g/mol. The van der Waals surface area contributed by atoms with Gasteiger partial charge in [-0.2, -0.15) is 0 Å². The molecule has 0 saturated carbocycles. The first-order valence-electron chi connectivity index (χ1n) is 8.50. The summed E-state index contributed by atoms with van der Waals surface area (Å²) < 4.78 is 7.21. The summed E-state index contributed by atoms with van der Waals surface area (Å²) in [6.45, 7) is 3.85. The van der Waals surface area contributed by atoms with Crippen LogP contribution in [0.25, 0.3) is 0 Å². The molecule has 0 atom stereocenters. The molecule has 1 aromatic rings. The number of halogens is 1. The summed E-state index contributed by atoms with van der Waals surface area (Å²) in [6, 6.07) is 7.63. The predicted octanol–water partition coefficient (Wildman–Crippen LogP) is 3.16. The van der Waals surface area contributed by atoms with Gasteiger partial charge in [0.05, 0.1) is 12.2 Å². The molecule has 0 aliphatic carbocycles. The van der Waals surface area contributed by atoms with E-state index in [-0.39, 0.29) is 5.91 Å². The highest BCUT2D eigenvalue weighted by Crippen LogP contribution is 2.22. The van der Waals surface area contributed by atoms with Gasteiger partial charge in [0.15, 0.2) is 0 Å². The van der Waals surface area contributed by atoms with Crippen LogP contribution < -0.4 is 0 Å². The largest absolute Gasteiger partial charge is 0.375 e. The van der Waals surface area contributed by atoms with Crippen LogP contribution in [0.1, 0.15) is 36.0 Å². The summed E-state index contributed by atoms with van der Waals surface area (Å²) in [4.78, 5) is 16.9. The molecular formula is C18H25BrN2O2. The van der Waals surface area contributed by atoms with Gasteiger partial charge in [-0.1, -0.05) is 22.0 Å². The average molecular weight is 381 g/mol. The quantitative estimate of drug-likeness (QED) is 0.807. The van der Waals surface area contributed by atoms with Gasteiger partial charge in [-0.3, -0.25) is 4.79 Å². The molecule has 0 N–H and O–H groups in total. The lowest BCUT2D eigenvalue weighted by Crippen LogP contribution is -2.43. The first-order chi connectivity index (χ1) is 11.1. The first kappa shape index (κ1) is 16.9. The van der Waals surface area contributed by atoms with E-state index in [2.05, 4.69) is 27.9 Å². The van der Waals surface area contributed by atoms with Gasteiger partial charge >= 0.3 is 0 Å². The molecule has 5 heteroatoms. The fourth-order valence-electron chi connectivity index (χ4n) is 3.39. The summed E-state index contributed by atoms with van der Waals surface area (Å²) in [5, 5.41) is 0. The van der Waals surface area contributed by atoms with E-state index in [0.29, 0.717) is 12.2 Å². The van der Waals surface area contributed by atoms with Crippen LogP contribution in [0.3, 0.4) is 0 Å². The zero-order valence-electron chi connectivity index (χ0n) is 13.7. The van der Waals surface area contributed by atoms with E-state index in [1.54, 1.807) is 0 Å². The number of benzene rings is 1. The second kappa shape index (κ2) is 7.77. The Labute approximate surface area is 146 Å². The summed E-state index contributed by atoms with van der Waals surface area (Å²) in [6.07, 6.45) is 4.89. The highest BCUT2D eigenvalue weighted by Gasteiger charge is 2.27. The SMILES string of the molecule is CN1CCC(OC2CCN(C(=O)c3cccc(Br)c3)CC2)CC1. The monoisotopic (exact) mass is 380 g/mol. The number of hydrogen-bond acceptors (Lipinski definition) is 3. The number of carbonyl (C=O) groups excluding carboxylic acids is 1. The van der Waals surface area contributed by atoms with Crippen molar-refractivity contribution in [3.8, 4) is 0 Å². The lowest BCUT2D eigenvalue weighted by atomic mass is 10.0. The van der Waals surface area contributed by atoms with Crippen LogP contribution in [0.15, 0.2) is 28.7 Å². The minimum atomic E-state index is 0.129. The Balaban J connectivity index is 1.47. The Morgan fingerprint density at radius 1 is 1.09 bits per heavy atom. The van der Waals surface area contributed by atoms with Crippen LogP contribution >= 0.6 is 15.9 Å². The van der Waals surface area contributed by atoms with Crippen molar-refractivity contribution in [1.82, 2.24) is 9.80 Å². The third kappa shape index (κ3) is 4.55. The fraction of sp³-hybridized carbons (Fsp3) is 0.611. The standard InChI is InChI=1S/C18H25BrN2O2/c1-20-9-5-16(6-10-20)23-17-7-11-21(12-8-17)18(22)14-3-2-4-15(19)13-14/h2-4,13,16-17H,5-12H2,1H3. The van der Waals surface area contributed by atoms with Crippen molar-refractivity contribution >= 4 is 21.8 Å². The molecule has 2 fully saturated rings. The highest BCUT2D eigenvalue weighted by atomic mass is 79.9. The molecule has 2 saturated heterocycles. The lowest BCUT2D eigenvalue weighted by molar-refractivity contribution is -0.0599. The van der Waals surface area contributed by atoms with Crippen molar-refractivity contribution in [3.63, 3.8) is 0 Å². The third-order valence-corrected chi connectivity index (χ3v) is 5.34. The Kier molecular flexibility index (Phi) is 5.72. The van der Waals surface area contributed by atoms with E-state index in [9.17, 15) is 4.79 Å². The molecule has 2 aliphatic heterocycles. The molecule has 2 aliphatic rings. The fourth-order valence-corrected chi connectivity index (χ4v) is 3.79. The Morgan fingerprint density at radius 3 is 2.30 bits per heavy atom. The second-order valence-electron chi connectivity index (χ2n) is 6.64. The van der Waals surface area contributed by atoms with Crippen LogP contribution in [0, 0.1) is 0 Å². The van der Waals surface area contributed by atoms with E-state index < -0.39 is 0 Å². The maximum absolute atomic E-state index is 12.5. The molecule has 1 amide bonds. The molecule has 1 aromatic carbocycles. The molecule has 0 spiro atoms. The van der Waals surface area contributed by atoms with Gasteiger partial charge in [-0.05, 0) is 50.9 Å². The average Bonchev–Trinajstić information content (AvgIpc) is 2.57. The summed E-state index contributed by atoms with van der Waals surface area (Å²) >= 11 is 3.43. The van der Waals surface area contributed by atoms with Crippen LogP contribution in [0.4, 0.5) is 0 Å². The van der Waals surface area contributed by atoms with E-state index in [4.69, 9.17) is 4.74 Å². The van der Waals surface area contributed by atoms with Crippen molar-refractivity contribution in [2.24, 2.45) is 0 Å². The Morgan fingerprint density at radius 2 is 1.70 bits per heavy atom. The molecule has 2 heterocycles. The normalized spacial score (nSPS) is 21.6. The van der Waals surface area contributed by atoms with E-state index in [1.165, 1.54) is 0 Å². The van der Waals surface area contributed by atoms with Gasteiger partial charge in [0, 0.05) is 36.2 Å². The van der Waals surface area contributed by atoms with E-state index in [0.717, 1.165) is 61.9 Å². The molecule has 3 rings (SSSR count). The maximum Gasteiger partial charge on any atom is 0.253 e. The van der Waals surface area contributed by atoms with Gasteiger partial charge in [0.2, 0.25) is 0 Å². The first-order valence-corrected chi connectivity index (χ1v) is 9.30. The van der Waals surface area contributed by atoms with Crippen LogP contribution in [-0.4, -0.2) is 61.1 Å². The zero-order valence-corrected chi connectivity index (χ0v) is 15.3. The number of rotatable bonds is 3. The molecule has 0 aromatic heterocycles. The van der Waals surface area contributed by atoms with Crippen molar-refractivity contribution in [2.75, 3.05) is 33.2 Å². The summed E-state index contributed by atoms with van der Waals surface area (Å²) in [5.41, 5.74) is 0.758. The zero-order chi connectivity index (χ0) is 16.2. The highest BCUT2D eigenvalue weighted by molar-refractivity contribution is 9.10. The maximum atomic E-state index is 12.5.